The fourth-order valence-corrected chi connectivity index (χ4v) is 2.28. The molecule has 19 heavy (non-hydrogen) atoms. The topological polar surface area (TPSA) is 73.5 Å². The van der Waals surface area contributed by atoms with Crippen molar-refractivity contribution in [3.05, 3.63) is 11.9 Å². The third-order valence-electron chi connectivity index (χ3n) is 3.21. The number of nitrogens with zero attached hydrogens (tertiary/aromatic N) is 3. The van der Waals surface area contributed by atoms with E-state index in [2.05, 4.69) is 21.8 Å². The van der Waals surface area contributed by atoms with E-state index in [0.717, 1.165) is 38.4 Å². The van der Waals surface area contributed by atoms with E-state index in [4.69, 9.17) is 15.2 Å². The van der Waals surface area contributed by atoms with Crippen molar-refractivity contribution in [2.75, 3.05) is 37.4 Å². The lowest BCUT2D eigenvalue weighted by atomic mass is 10.2. The number of ether oxygens (including phenoxy) is 2. The fourth-order valence-electron chi connectivity index (χ4n) is 2.28. The molecule has 0 bridgehead atoms. The van der Waals surface area contributed by atoms with Crippen LogP contribution in [0.15, 0.2) is 6.07 Å². The first-order valence-corrected chi connectivity index (χ1v) is 6.71. The van der Waals surface area contributed by atoms with Crippen LogP contribution < -0.4 is 10.6 Å². The van der Waals surface area contributed by atoms with E-state index < -0.39 is 0 Å². The molecular weight excluding hydrogens is 244 g/mol. The van der Waals surface area contributed by atoms with Crippen LogP contribution in [-0.4, -0.2) is 42.9 Å². The third kappa shape index (κ3) is 3.78. The molecule has 6 heteroatoms. The summed E-state index contributed by atoms with van der Waals surface area (Å²) in [4.78, 5) is 10.8. The van der Waals surface area contributed by atoms with Gasteiger partial charge in [-0.15, -0.1) is 0 Å². The minimum Gasteiger partial charge on any atom is -0.384 e. The molecule has 0 aromatic carbocycles. The standard InChI is InChI=1S/C13H22N4O2/c1-3-17(8-10-5-4-6-19-10)13-7-11(14)15-12(16-13)9-18-2/h7,10H,3-6,8-9H2,1-2H3,(H2,14,15,16). The summed E-state index contributed by atoms with van der Waals surface area (Å²) in [6, 6.07) is 1.80. The van der Waals surface area contributed by atoms with Gasteiger partial charge in [-0.2, -0.15) is 0 Å². The van der Waals surface area contributed by atoms with Gasteiger partial charge in [-0.25, -0.2) is 9.97 Å². The highest BCUT2D eigenvalue weighted by molar-refractivity contribution is 5.47. The second kappa shape index (κ2) is 6.68. The van der Waals surface area contributed by atoms with Crippen LogP contribution in [0, 0.1) is 0 Å². The third-order valence-corrected chi connectivity index (χ3v) is 3.21. The van der Waals surface area contributed by atoms with Crippen LogP contribution in [0.2, 0.25) is 0 Å². The Morgan fingerprint density at radius 1 is 1.53 bits per heavy atom. The summed E-state index contributed by atoms with van der Waals surface area (Å²) in [5, 5.41) is 0. The summed E-state index contributed by atoms with van der Waals surface area (Å²) in [5.41, 5.74) is 5.83. The second-order valence-electron chi connectivity index (χ2n) is 4.67. The van der Waals surface area contributed by atoms with Gasteiger partial charge in [0, 0.05) is 32.9 Å². The molecule has 2 N–H and O–H groups in total. The normalized spacial score (nSPS) is 18.7. The molecule has 1 unspecified atom stereocenters. The molecule has 0 amide bonds. The van der Waals surface area contributed by atoms with Crippen LogP contribution >= 0.6 is 0 Å². The van der Waals surface area contributed by atoms with Crippen LogP contribution in [0.4, 0.5) is 11.6 Å². The Bertz CT molecular complexity index is 408. The Balaban J connectivity index is 2.11. The Morgan fingerprint density at radius 3 is 3.00 bits per heavy atom. The molecule has 0 radical (unpaired) electrons. The maximum atomic E-state index is 5.83. The maximum Gasteiger partial charge on any atom is 0.158 e. The van der Waals surface area contributed by atoms with Crippen molar-refractivity contribution in [1.82, 2.24) is 9.97 Å². The molecule has 0 saturated carbocycles. The van der Waals surface area contributed by atoms with Crippen molar-refractivity contribution in [3.8, 4) is 0 Å². The fraction of sp³-hybridized carbons (Fsp3) is 0.692. The van der Waals surface area contributed by atoms with Gasteiger partial charge in [0.15, 0.2) is 5.82 Å². The predicted octanol–water partition coefficient (Wildman–Crippen LogP) is 1.21. The summed E-state index contributed by atoms with van der Waals surface area (Å²) in [6.07, 6.45) is 2.55. The van der Waals surface area contributed by atoms with Crippen LogP contribution in [0.3, 0.4) is 0 Å². The first-order valence-electron chi connectivity index (χ1n) is 6.71. The summed E-state index contributed by atoms with van der Waals surface area (Å²) in [7, 11) is 1.62. The average Bonchev–Trinajstić information content (AvgIpc) is 2.88. The zero-order valence-corrected chi connectivity index (χ0v) is 11.6. The molecule has 1 atom stereocenters. The molecule has 2 heterocycles. The maximum absolute atomic E-state index is 5.83. The van der Waals surface area contributed by atoms with Crippen molar-refractivity contribution in [2.45, 2.75) is 32.5 Å². The van der Waals surface area contributed by atoms with E-state index in [-0.39, 0.29) is 0 Å². The van der Waals surface area contributed by atoms with Gasteiger partial charge in [0.2, 0.25) is 0 Å². The van der Waals surface area contributed by atoms with E-state index in [1.54, 1.807) is 13.2 Å². The molecule has 1 aliphatic heterocycles. The van der Waals surface area contributed by atoms with E-state index in [1.807, 2.05) is 0 Å². The Hall–Kier alpha value is -1.40. The van der Waals surface area contributed by atoms with Crippen LogP contribution in [0.1, 0.15) is 25.6 Å². The molecule has 1 saturated heterocycles. The number of likely N-dealkylation sites (N-methyl/N-ethyl adjacent to an activating group) is 1. The van der Waals surface area contributed by atoms with Gasteiger partial charge in [0.1, 0.15) is 18.2 Å². The highest BCUT2D eigenvalue weighted by atomic mass is 16.5. The van der Waals surface area contributed by atoms with Gasteiger partial charge in [0.25, 0.3) is 0 Å². The van der Waals surface area contributed by atoms with Gasteiger partial charge in [-0.05, 0) is 19.8 Å². The summed E-state index contributed by atoms with van der Waals surface area (Å²) >= 11 is 0. The quantitative estimate of drug-likeness (QED) is 0.834. The van der Waals surface area contributed by atoms with Crippen molar-refractivity contribution in [2.24, 2.45) is 0 Å². The number of nitrogen functional groups attached to an aromatic ring is 1. The zero-order chi connectivity index (χ0) is 13.7. The van der Waals surface area contributed by atoms with E-state index >= 15 is 0 Å². The van der Waals surface area contributed by atoms with Crippen LogP contribution in [0.5, 0.6) is 0 Å². The lowest BCUT2D eigenvalue weighted by Gasteiger charge is -2.25. The first kappa shape index (κ1) is 14.0. The largest absolute Gasteiger partial charge is 0.384 e. The van der Waals surface area contributed by atoms with Crippen molar-refractivity contribution >= 4 is 11.6 Å². The summed E-state index contributed by atoms with van der Waals surface area (Å²) in [6.45, 7) is 5.05. The monoisotopic (exact) mass is 266 g/mol. The highest BCUT2D eigenvalue weighted by Crippen LogP contribution is 2.19. The van der Waals surface area contributed by atoms with E-state index in [1.165, 1.54) is 0 Å². The highest BCUT2D eigenvalue weighted by Gasteiger charge is 2.20. The number of methoxy groups -OCH3 is 1. The molecule has 0 aliphatic carbocycles. The van der Waals surface area contributed by atoms with Crippen LogP contribution in [0.25, 0.3) is 0 Å². The van der Waals surface area contributed by atoms with Crippen molar-refractivity contribution in [1.29, 1.82) is 0 Å². The van der Waals surface area contributed by atoms with Crippen molar-refractivity contribution < 1.29 is 9.47 Å². The SMILES string of the molecule is CCN(CC1CCCO1)c1cc(N)nc(COC)n1. The van der Waals surface area contributed by atoms with Gasteiger partial charge in [-0.1, -0.05) is 0 Å². The lowest BCUT2D eigenvalue weighted by Crippen LogP contribution is -2.33. The number of hydrogen-bond donors (Lipinski definition) is 1. The number of nitrogens with two attached hydrogens (primary N) is 1. The molecule has 2 rings (SSSR count). The molecule has 6 nitrogen and oxygen atoms in total. The average molecular weight is 266 g/mol. The minimum absolute atomic E-state index is 0.294. The number of anilines is 2. The summed E-state index contributed by atoms with van der Waals surface area (Å²) in [5.74, 6) is 1.93. The van der Waals surface area contributed by atoms with Gasteiger partial charge >= 0.3 is 0 Å². The molecular formula is C13H22N4O2. The van der Waals surface area contributed by atoms with Gasteiger partial charge < -0.3 is 20.1 Å². The van der Waals surface area contributed by atoms with Crippen LogP contribution in [-0.2, 0) is 16.1 Å². The molecule has 106 valence electrons. The predicted molar refractivity (Wildman–Crippen MR) is 74.0 cm³/mol. The second-order valence-corrected chi connectivity index (χ2v) is 4.67. The summed E-state index contributed by atoms with van der Waals surface area (Å²) < 4.78 is 10.7. The molecule has 1 aromatic rings. The zero-order valence-electron chi connectivity index (χ0n) is 11.6. The Labute approximate surface area is 113 Å². The molecule has 0 spiro atoms. The van der Waals surface area contributed by atoms with Crippen molar-refractivity contribution in [3.63, 3.8) is 0 Å². The Morgan fingerprint density at radius 2 is 2.37 bits per heavy atom. The van der Waals surface area contributed by atoms with Gasteiger partial charge in [0.05, 0.1) is 6.10 Å². The minimum atomic E-state index is 0.294. The first-order chi connectivity index (χ1) is 9.22. The number of aromatic nitrogens is 2. The van der Waals surface area contributed by atoms with Gasteiger partial charge in [-0.3, -0.25) is 0 Å². The number of hydrogen-bond acceptors (Lipinski definition) is 6. The Kier molecular flexibility index (Phi) is 4.93. The molecule has 1 aliphatic rings. The number of rotatable bonds is 6. The molecule has 1 fully saturated rings. The smallest absolute Gasteiger partial charge is 0.158 e. The van der Waals surface area contributed by atoms with E-state index in [0.29, 0.717) is 24.4 Å². The van der Waals surface area contributed by atoms with E-state index in [9.17, 15) is 0 Å². The lowest BCUT2D eigenvalue weighted by molar-refractivity contribution is 0.115. The molecule has 1 aromatic heterocycles.